The molecule has 0 atom stereocenters. The molecule has 20 heavy (non-hydrogen) atoms. The van der Waals surface area contributed by atoms with Crippen LogP contribution in [-0.2, 0) is 13.6 Å². The zero-order valence-corrected chi connectivity index (χ0v) is 11.5. The molecule has 0 aliphatic rings. The second-order valence-corrected chi connectivity index (χ2v) is 4.94. The van der Waals surface area contributed by atoms with E-state index in [-0.39, 0.29) is 5.82 Å². The number of aryl methyl sites for hydroxylation is 2. The van der Waals surface area contributed by atoms with Gasteiger partial charge in [-0.3, -0.25) is 0 Å². The largest absolute Gasteiger partial charge is 0.327 e. The predicted octanol–water partition coefficient (Wildman–Crippen LogP) is 3.15. The number of para-hydroxylation sites is 1. The minimum Gasteiger partial charge on any atom is -0.327 e. The lowest BCUT2D eigenvalue weighted by Gasteiger charge is -2.06. The summed E-state index contributed by atoms with van der Waals surface area (Å²) in [5, 5.41) is 0. The summed E-state index contributed by atoms with van der Waals surface area (Å²) >= 11 is 0. The Bertz CT molecular complexity index is 790. The van der Waals surface area contributed by atoms with Gasteiger partial charge in [-0.2, -0.15) is 0 Å². The number of hydrogen-bond acceptors (Lipinski definition) is 2. The number of nitrogens with zero attached hydrogens (tertiary/aromatic N) is 2. The summed E-state index contributed by atoms with van der Waals surface area (Å²) < 4.78 is 15.3. The van der Waals surface area contributed by atoms with Gasteiger partial charge in [-0.25, -0.2) is 9.37 Å². The minimum atomic E-state index is -0.229. The molecule has 1 aromatic heterocycles. The van der Waals surface area contributed by atoms with Gasteiger partial charge in [0, 0.05) is 19.2 Å². The number of benzene rings is 2. The standard InChI is InChI=1S/C16H16FN3/c1-10-8-12(17)6-7-13(10)16-19-15-11(9-18)4-3-5-14(15)20(16)2/h3-8H,9,18H2,1-2H3. The van der Waals surface area contributed by atoms with E-state index in [1.54, 1.807) is 6.07 Å². The van der Waals surface area contributed by atoms with E-state index in [0.29, 0.717) is 6.54 Å². The van der Waals surface area contributed by atoms with Crippen LogP contribution in [0.3, 0.4) is 0 Å². The Morgan fingerprint density at radius 1 is 1.25 bits per heavy atom. The van der Waals surface area contributed by atoms with Gasteiger partial charge < -0.3 is 10.3 Å². The third-order valence-electron chi connectivity index (χ3n) is 3.64. The summed E-state index contributed by atoms with van der Waals surface area (Å²) in [4.78, 5) is 4.70. The van der Waals surface area contributed by atoms with Crippen LogP contribution in [0.5, 0.6) is 0 Å². The maximum Gasteiger partial charge on any atom is 0.141 e. The van der Waals surface area contributed by atoms with Gasteiger partial charge in [-0.15, -0.1) is 0 Å². The first-order valence-electron chi connectivity index (χ1n) is 6.52. The second kappa shape index (κ2) is 4.72. The van der Waals surface area contributed by atoms with E-state index in [1.165, 1.54) is 12.1 Å². The maximum atomic E-state index is 13.2. The molecule has 2 N–H and O–H groups in total. The topological polar surface area (TPSA) is 43.8 Å². The van der Waals surface area contributed by atoms with Crippen LogP contribution in [0, 0.1) is 12.7 Å². The van der Waals surface area contributed by atoms with Crippen molar-refractivity contribution >= 4 is 11.0 Å². The highest BCUT2D eigenvalue weighted by Gasteiger charge is 2.13. The molecule has 3 aromatic rings. The minimum absolute atomic E-state index is 0.229. The zero-order chi connectivity index (χ0) is 14.3. The fraction of sp³-hybridized carbons (Fsp3) is 0.188. The lowest BCUT2D eigenvalue weighted by molar-refractivity contribution is 0.627. The van der Waals surface area contributed by atoms with Crippen LogP contribution in [0.4, 0.5) is 4.39 Å². The monoisotopic (exact) mass is 269 g/mol. The Balaban J connectivity index is 2.29. The predicted molar refractivity (Wildman–Crippen MR) is 78.7 cm³/mol. The molecular formula is C16H16FN3. The van der Waals surface area contributed by atoms with Gasteiger partial charge in [0.05, 0.1) is 11.0 Å². The molecule has 0 bridgehead atoms. The number of rotatable bonds is 2. The number of fused-ring (bicyclic) bond motifs is 1. The normalized spacial score (nSPS) is 11.2. The molecule has 0 unspecified atom stereocenters. The Morgan fingerprint density at radius 3 is 2.75 bits per heavy atom. The molecule has 0 fully saturated rings. The van der Waals surface area contributed by atoms with Gasteiger partial charge in [0.15, 0.2) is 0 Å². The Morgan fingerprint density at radius 2 is 2.05 bits per heavy atom. The fourth-order valence-corrected chi connectivity index (χ4v) is 2.56. The van der Waals surface area contributed by atoms with Crippen LogP contribution in [0.1, 0.15) is 11.1 Å². The van der Waals surface area contributed by atoms with Crippen LogP contribution >= 0.6 is 0 Å². The van der Waals surface area contributed by atoms with Crippen molar-refractivity contribution in [3.8, 4) is 11.4 Å². The average molecular weight is 269 g/mol. The highest BCUT2D eigenvalue weighted by Crippen LogP contribution is 2.28. The van der Waals surface area contributed by atoms with Crippen LogP contribution in [0.2, 0.25) is 0 Å². The summed E-state index contributed by atoms with van der Waals surface area (Å²) in [6, 6.07) is 10.7. The first-order valence-corrected chi connectivity index (χ1v) is 6.52. The molecule has 0 amide bonds. The van der Waals surface area contributed by atoms with Gasteiger partial charge in [0.1, 0.15) is 11.6 Å². The molecule has 1 heterocycles. The third-order valence-corrected chi connectivity index (χ3v) is 3.64. The van der Waals surface area contributed by atoms with Crippen LogP contribution in [-0.4, -0.2) is 9.55 Å². The number of imidazole rings is 1. The maximum absolute atomic E-state index is 13.2. The van der Waals surface area contributed by atoms with Gasteiger partial charge in [-0.05, 0) is 42.3 Å². The number of aromatic nitrogens is 2. The van der Waals surface area contributed by atoms with Crippen molar-refractivity contribution < 1.29 is 4.39 Å². The SMILES string of the molecule is Cc1cc(F)ccc1-c1nc2c(CN)cccc2n1C. The Hall–Kier alpha value is -2.20. The van der Waals surface area contributed by atoms with Crippen molar-refractivity contribution in [2.75, 3.05) is 0 Å². The molecular weight excluding hydrogens is 253 g/mol. The van der Waals surface area contributed by atoms with Crippen molar-refractivity contribution in [2.45, 2.75) is 13.5 Å². The van der Waals surface area contributed by atoms with E-state index in [1.807, 2.05) is 36.7 Å². The highest BCUT2D eigenvalue weighted by atomic mass is 19.1. The first-order chi connectivity index (χ1) is 9.61. The molecule has 102 valence electrons. The van der Waals surface area contributed by atoms with Gasteiger partial charge in [-0.1, -0.05) is 12.1 Å². The molecule has 3 nitrogen and oxygen atoms in total. The van der Waals surface area contributed by atoms with E-state index < -0.39 is 0 Å². The van der Waals surface area contributed by atoms with E-state index >= 15 is 0 Å². The van der Waals surface area contributed by atoms with Gasteiger partial charge in [0.2, 0.25) is 0 Å². The van der Waals surface area contributed by atoms with E-state index in [4.69, 9.17) is 10.7 Å². The fourth-order valence-electron chi connectivity index (χ4n) is 2.56. The summed E-state index contributed by atoms with van der Waals surface area (Å²) in [5.74, 6) is 0.603. The van der Waals surface area contributed by atoms with Crippen molar-refractivity contribution in [3.63, 3.8) is 0 Å². The summed E-state index contributed by atoms with van der Waals surface area (Å²) in [6.45, 7) is 2.35. The molecule has 0 aliphatic heterocycles. The molecule has 0 saturated heterocycles. The average Bonchev–Trinajstić information content (AvgIpc) is 2.76. The molecule has 0 radical (unpaired) electrons. The zero-order valence-electron chi connectivity index (χ0n) is 11.5. The van der Waals surface area contributed by atoms with E-state index in [0.717, 1.165) is 33.5 Å². The molecule has 3 rings (SSSR count). The van der Waals surface area contributed by atoms with Crippen molar-refractivity contribution in [2.24, 2.45) is 12.8 Å². The number of nitrogens with two attached hydrogens (primary N) is 1. The Kier molecular flexibility index (Phi) is 3.03. The second-order valence-electron chi connectivity index (χ2n) is 4.94. The van der Waals surface area contributed by atoms with Gasteiger partial charge >= 0.3 is 0 Å². The molecule has 0 spiro atoms. The van der Waals surface area contributed by atoms with E-state index in [2.05, 4.69) is 0 Å². The lowest BCUT2D eigenvalue weighted by Crippen LogP contribution is -1.97. The molecule has 2 aromatic carbocycles. The van der Waals surface area contributed by atoms with Crippen LogP contribution in [0.25, 0.3) is 22.4 Å². The third kappa shape index (κ3) is 1.89. The van der Waals surface area contributed by atoms with Gasteiger partial charge in [0.25, 0.3) is 0 Å². The van der Waals surface area contributed by atoms with E-state index in [9.17, 15) is 4.39 Å². The smallest absolute Gasteiger partial charge is 0.141 e. The Labute approximate surface area is 116 Å². The van der Waals surface area contributed by atoms with Crippen molar-refractivity contribution in [3.05, 3.63) is 53.3 Å². The number of hydrogen-bond donors (Lipinski definition) is 1. The lowest BCUT2D eigenvalue weighted by atomic mass is 10.1. The van der Waals surface area contributed by atoms with Crippen molar-refractivity contribution in [1.82, 2.24) is 9.55 Å². The molecule has 0 saturated carbocycles. The van der Waals surface area contributed by atoms with Crippen LogP contribution in [0.15, 0.2) is 36.4 Å². The molecule has 0 aliphatic carbocycles. The number of halogens is 1. The summed E-state index contributed by atoms with van der Waals surface area (Å²) in [7, 11) is 1.97. The van der Waals surface area contributed by atoms with Crippen molar-refractivity contribution in [1.29, 1.82) is 0 Å². The molecule has 4 heteroatoms. The quantitative estimate of drug-likeness (QED) is 0.776. The summed E-state index contributed by atoms with van der Waals surface area (Å²) in [6.07, 6.45) is 0. The van der Waals surface area contributed by atoms with Crippen LogP contribution < -0.4 is 5.73 Å². The summed E-state index contributed by atoms with van der Waals surface area (Å²) in [5.41, 5.74) is 10.5. The first kappa shape index (κ1) is 12.8. The highest BCUT2D eigenvalue weighted by molar-refractivity contribution is 5.84.